The topological polar surface area (TPSA) is 75.7 Å². The summed E-state index contributed by atoms with van der Waals surface area (Å²) in [6.07, 6.45) is 5.58. The molecule has 3 rings (SSSR count). The molecular formula is C17H24N2O4S. The number of carbonyl (C=O) groups excluding carboxylic acids is 1. The largest absolute Gasteiger partial charge is 0.497 e. The first kappa shape index (κ1) is 17.1. The molecule has 1 saturated heterocycles. The first-order valence-corrected chi connectivity index (χ1v) is 9.99. The number of amides is 2. The van der Waals surface area contributed by atoms with Crippen LogP contribution in [0.3, 0.4) is 0 Å². The van der Waals surface area contributed by atoms with E-state index in [-0.39, 0.29) is 30.1 Å². The molecule has 0 atom stereocenters. The molecule has 1 aromatic rings. The van der Waals surface area contributed by atoms with E-state index in [9.17, 15) is 13.2 Å². The minimum absolute atomic E-state index is 0.136. The molecule has 7 heteroatoms. The van der Waals surface area contributed by atoms with Crippen molar-refractivity contribution in [2.24, 2.45) is 0 Å². The fourth-order valence-corrected chi connectivity index (χ4v) is 4.92. The van der Waals surface area contributed by atoms with Crippen molar-refractivity contribution in [3.05, 3.63) is 24.3 Å². The number of rotatable bonds is 4. The van der Waals surface area contributed by atoms with Crippen LogP contribution in [0.4, 0.5) is 4.79 Å². The van der Waals surface area contributed by atoms with Crippen LogP contribution in [0.2, 0.25) is 0 Å². The number of benzene rings is 1. The lowest BCUT2D eigenvalue weighted by Crippen LogP contribution is -2.60. The second kappa shape index (κ2) is 7.01. The number of sulfone groups is 1. The minimum atomic E-state index is -3.40. The van der Waals surface area contributed by atoms with E-state index in [0.717, 1.165) is 25.7 Å². The number of methoxy groups -OCH3 is 1. The lowest BCUT2D eigenvalue weighted by Gasteiger charge is -2.39. The number of hydrogen-bond acceptors (Lipinski definition) is 4. The van der Waals surface area contributed by atoms with E-state index in [4.69, 9.17) is 4.74 Å². The first-order valence-electron chi connectivity index (χ1n) is 8.44. The van der Waals surface area contributed by atoms with E-state index in [1.807, 2.05) is 0 Å². The van der Waals surface area contributed by atoms with Crippen LogP contribution < -0.4 is 10.1 Å². The molecular weight excluding hydrogens is 328 g/mol. The van der Waals surface area contributed by atoms with E-state index < -0.39 is 15.1 Å². The van der Waals surface area contributed by atoms with Crippen molar-refractivity contribution in [2.75, 3.05) is 20.2 Å². The second-order valence-corrected chi connectivity index (χ2v) is 8.76. The van der Waals surface area contributed by atoms with E-state index in [1.54, 1.807) is 29.2 Å². The molecule has 1 N–H and O–H groups in total. The quantitative estimate of drug-likeness (QED) is 0.901. The Labute approximate surface area is 143 Å². The van der Waals surface area contributed by atoms with Gasteiger partial charge >= 0.3 is 6.03 Å². The van der Waals surface area contributed by atoms with Crippen LogP contribution in [0.15, 0.2) is 29.2 Å². The van der Waals surface area contributed by atoms with Crippen molar-refractivity contribution < 1.29 is 17.9 Å². The molecule has 1 aromatic carbocycles. The summed E-state index contributed by atoms with van der Waals surface area (Å²) in [5.74, 6) is 0.621. The van der Waals surface area contributed by atoms with Gasteiger partial charge in [0, 0.05) is 19.1 Å². The van der Waals surface area contributed by atoms with Crippen LogP contribution in [0.5, 0.6) is 5.75 Å². The fraction of sp³-hybridized carbons (Fsp3) is 0.588. The molecule has 6 nitrogen and oxygen atoms in total. The molecule has 0 radical (unpaired) electrons. The predicted octanol–water partition coefficient (Wildman–Crippen LogP) is 2.20. The average Bonchev–Trinajstić information content (AvgIpc) is 2.54. The molecule has 132 valence electrons. The van der Waals surface area contributed by atoms with Crippen molar-refractivity contribution in [1.82, 2.24) is 10.2 Å². The number of carbonyl (C=O) groups is 1. The molecule has 1 aliphatic heterocycles. The van der Waals surface area contributed by atoms with Gasteiger partial charge in [-0.05, 0) is 37.1 Å². The molecule has 2 aliphatic rings. The highest BCUT2D eigenvalue weighted by Gasteiger charge is 2.40. The number of nitrogens with zero attached hydrogens (tertiary/aromatic N) is 1. The molecule has 0 spiro atoms. The summed E-state index contributed by atoms with van der Waals surface area (Å²) in [5, 5.41) is 2.50. The number of urea groups is 1. The Bertz CT molecular complexity index is 675. The third-order valence-corrected chi connectivity index (χ3v) is 7.00. The van der Waals surface area contributed by atoms with Gasteiger partial charge < -0.3 is 15.0 Å². The first-order chi connectivity index (χ1) is 11.5. The van der Waals surface area contributed by atoms with Gasteiger partial charge in [-0.2, -0.15) is 0 Å². The third-order valence-electron chi connectivity index (χ3n) is 4.89. The minimum Gasteiger partial charge on any atom is -0.497 e. The van der Waals surface area contributed by atoms with Crippen molar-refractivity contribution in [3.8, 4) is 5.75 Å². The Morgan fingerprint density at radius 3 is 2.33 bits per heavy atom. The smallest absolute Gasteiger partial charge is 0.317 e. The maximum absolute atomic E-state index is 12.6. The van der Waals surface area contributed by atoms with E-state index in [0.29, 0.717) is 5.75 Å². The maximum Gasteiger partial charge on any atom is 0.317 e. The van der Waals surface area contributed by atoms with Gasteiger partial charge in [0.15, 0.2) is 9.84 Å². The third kappa shape index (κ3) is 3.50. The molecule has 0 bridgehead atoms. The summed E-state index contributed by atoms with van der Waals surface area (Å²) in [5.41, 5.74) is 0. The average molecular weight is 352 g/mol. The zero-order valence-electron chi connectivity index (χ0n) is 13.9. The molecule has 0 unspecified atom stereocenters. The van der Waals surface area contributed by atoms with E-state index in [2.05, 4.69) is 5.32 Å². The van der Waals surface area contributed by atoms with Crippen LogP contribution in [-0.4, -0.2) is 50.8 Å². The summed E-state index contributed by atoms with van der Waals surface area (Å²) in [7, 11) is -1.86. The van der Waals surface area contributed by atoms with Crippen LogP contribution >= 0.6 is 0 Å². The van der Waals surface area contributed by atoms with Crippen molar-refractivity contribution >= 4 is 15.9 Å². The Morgan fingerprint density at radius 1 is 1.12 bits per heavy atom. The van der Waals surface area contributed by atoms with Gasteiger partial charge in [-0.3, -0.25) is 0 Å². The molecule has 1 saturated carbocycles. The Balaban J connectivity index is 1.55. The Hall–Kier alpha value is -1.76. The lowest BCUT2D eigenvalue weighted by molar-refractivity contribution is 0.162. The maximum atomic E-state index is 12.6. The van der Waals surface area contributed by atoms with Crippen LogP contribution in [0, 0.1) is 0 Å². The van der Waals surface area contributed by atoms with Gasteiger partial charge in [0.25, 0.3) is 0 Å². The molecule has 24 heavy (non-hydrogen) atoms. The van der Waals surface area contributed by atoms with Gasteiger partial charge in [-0.25, -0.2) is 13.2 Å². The molecule has 2 fully saturated rings. The molecule has 1 heterocycles. The summed E-state index contributed by atoms with van der Waals surface area (Å²) >= 11 is 0. The second-order valence-electron chi connectivity index (χ2n) is 6.53. The highest BCUT2D eigenvalue weighted by molar-refractivity contribution is 7.92. The van der Waals surface area contributed by atoms with Crippen molar-refractivity contribution in [3.63, 3.8) is 0 Å². The SMILES string of the molecule is COc1ccc(S(=O)(=O)C2CN(C(=O)NC3CCCCC3)C2)cc1. The monoisotopic (exact) mass is 352 g/mol. The van der Waals surface area contributed by atoms with Gasteiger partial charge in [0.1, 0.15) is 11.0 Å². The predicted molar refractivity (Wildman–Crippen MR) is 90.9 cm³/mol. The highest BCUT2D eigenvalue weighted by atomic mass is 32.2. The fourth-order valence-electron chi connectivity index (χ4n) is 3.27. The van der Waals surface area contributed by atoms with Gasteiger partial charge in [0.05, 0.1) is 12.0 Å². The summed E-state index contributed by atoms with van der Waals surface area (Å²) < 4.78 is 30.2. The Morgan fingerprint density at radius 2 is 1.75 bits per heavy atom. The highest BCUT2D eigenvalue weighted by Crippen LogP contribution is 2.26. The zero-order valence-corrected chi connectivity index (χ0v) is 14.7. The summed E-state index contributed by atoms with van der Waals surface area (Å²) in [6.45, 7) is 0.514. The molecule has 1 aliphatic carbocycles. The standard InChI is InChI=1S/C17H24N2O4S/c1-23-14-7-9-15(10-8-14)24(21,22)16-11-19(12-16)17(20)18-13-5-3-2-4-6-13/h7-10,13,16H,2-6,11-12H2,1H3,(H,18,20). The Kier molecular flexibility index (Phi) is 4.99. The normalized spacial score (nSPS) is 19.6. The summed E-state index contributed by atoms with van der Waals surface area (Å²) in [4.78, 5) is 14.1. The molecule has 0 aromatic heterocycles. The van der Waals surface area contributed by atoms with Crippen LogP contribution in [-0.2, 0) is 9.84 Å². The number of hydrogen-bond donors (Lipinski definition) is 1. The van der Waals surface area contributed by atoms with Crippen LogP contribution in [0.1, 0.15) is 32.1 Å². The van der Waals surface area contributed by atoms with E-state index in [1.165, 1.54) is 13.5 Å². The number of ether oxygens (including phenoxy) is 1. The van der Waals surface area contributed by atoms with Crippen molar-refractivity contribution in [1.29, 1.82) is 0 Å². The van der Waals surface area contributed by atoms with Gasteiger partial charge in [-0.1, -0.05) is 19.3 Å². The van der Waals surface area contributed by atoms with Gasteiger partial charge in [0.2, 0.25) is 0 Å². The lowest BCUT2D eigenvalue weighted by atomic mass is 9.96. The molecule has 2 amide bonds. The van der Waals surface area contributed by atoms with E-state index >= 15 is 0 Å². The van der Waals surface area contributed by atoms with Crippen LogP contribution in [0.25, 0.3) is 0 Å². The van der Waals surface area contributed by atoms with Gasteiger partial charge in [-0.15, -0.1) is 0 Å². The van der Waals surface area contributed by atoms with Crippen molar-refractivity contribution in [2.45, 2.75) is 48.3 Å². The number of likely N-dealkylation sites (tertiary alicyclic amines) is 1. The summed E-state index contributed by atoms with van der Waals surface area (Å²) in [6, 6.07) is 6.49. The zero-order chi connectivity index (χ0) is 17.2. The number of nitrogens with one attached hydrogen (secondary N) is 1.